The zero-order valence-electron chi connectivity index (χ0n) is 7.92. The Hall–Kier alpha value is -0.130. The zero-order valence-corrected chi connectivity index (χ0v) is 8.74. The first-order valence-corrected chi connectivity index (χ1v) is 5.73. The molecular weight excluding hydrogens is 176 g/mol. The first-order valence-electron chi connectivity index (χ1n) is 3.91. The van der Waals surface area contributed by atoms with Crippen molar-refractivity contribution in [1.29, 1.82) is 0 Å². The summed E-state index contributed by atoms with van der Waals surface area (Å²) in [4.78, 5) is 0. The van der Waals surface area contributed by atoms with Gasteiger partial charge in [0, 0.05) is 6.54 Å². The Bertz CT molecular complexity index is 216. The minimum atomic E-state index is -2.94. The van der Waals surface area contributed by atoms with Gasteiger partial charge in [0.15, 0.2) is 9.84 Å². The Balaban J connectivity index is 4.06. The van der Waals surface area contributed by atoms with Crippen LogP contribution in [0.1, 0.15) is 20.8 Å². The van der Waals surface area contributed by atoms with E-state index in [0.29, 0.717) is 6.54 Å². The van der Waals surface area contributed by atoms with Gasteiger partial charge < -0.3 is 0 Å². The lowest BCUT2D eigenvalue weighted by molar-refractivity contribution is 0.461. The molecule has 74 valence electrons. The highest BCUT2D eigenvalue weighted by Gasteiger charge is 2.20. The van der Waals surface area contributed by atoms with Gasteiger partial charge in [-0.1, -0.05) is 20.8 Å². The van der Waals surface area contributed by atoms with Crippen LogP contribution in [-0.2, 0) is 9.84 Å². The fourth-order valence-corrected chi connectivity index (χ4v) is 2.84. The van der Waals surface area contributed by atoms with E-state index in [-0.39, 0.29) is 16.9 Å². The maximum Gasteiger partial charge on any atom is 0.152 e. The topological polar surface area (TPSA) is 72.2 Å². The second kappa shape index (κ2) is 4.20. The van der Waals surface area contributed by atoms with Crippen molar-refractivity contribution in [3.63, 3.8) is 0 Å². The molecule has 0 saturated heterocycles. The molecule has 0 aromatic carbocycles. The quantitative estimate of drug-likeness (QED) is 0.484. The van der Waals surface area contributed by atoms with Crippen molar-refractivity contribution in [3.05, 3.63) is 0 Å². The second-order valence-corrected chi connectivity index (χ2v) is 6.29. The largest absolute Gasteiger partial charge is 0.271 e. The van der Waals surface area contributed by atoms with E-state index in [1.54, 1.807) is 0 Å². The number of hydrazine groups is 1. The molecule has 0 bridgehead atoms. The molecule has 0 fully saturated rings. The van der Waals surface area contributed by atoms with Crippen LogP contribution in [0.3, 0.4) is 0 Å². The van der Waals surface area contributed by atoms with Gasteiger partial charge in [0.05, 0.1) is 11.5 Å². The molecule has 0 heterocycles. The lowest BCUT2D eigenvalue weighted by Gasteiger charge is -2.17. The van der Waals surface area contributed by atoms with Crippen LogP contribution in [0.2, 0.25) is 0 Å². The first-order chi connectivity index (χ1) is 5.27. The summed E-state index contributed by atoms with van der Waals surface area (Å²) in [5, 5.41) is 0. The standard InChI is InChI=1S/C7H18N2O2S/c1-7(2,3)6-12(10,11)5-4-9-8/h9H,4-6,8H2,1-3H3. The molecule has 0 unspecified atom stereocenters. The summed E-state index contributed by atoms with van der Waals surface area (Å²) in [5.74, 6) is 5.31. The van der Waals surface area contributed by atoms with Gasteiger partial charge in [-0.05, 0) is 5.41 Å². The van der Waals surface area contributed by atoms with Gasteiger partial charge in [-0.2, -0.15) is 0 Å². The number of nitrogens with two attached hydrogens (primary N) is 1. The molecule has 0 spiro atoms. The van der Waals surface area contributed by atoms with E-state index in [1.807, 2.05) is 20.8 Å². The van der Waals surface area contributed by atoms with Crippen molar-refractivity contribution >= 4 is 9.84 Å². The van der Waals surface area contributed by atoms with Crippen molar-refractivity contribution in [1.82, 2.24) is 5.43 Å². The van der Waals surface area contributed by atoms with Crippen LogP contribution < -0.4 is 11.3 Å². The van der Waals surface area contributed by atoms with E-state index >= 15 is 0 Å². The molecule has 0 radical (unpaired) electrons. The summed E-state index contributed by atoms with van der Waals surface area (Å²) in [5.41, 5.74) is 2.16. The van der Waals surface area contributed by atoms with E-state index in [1.165, 1.54) is 0 Å². The Labute approximate surface area is 74.4 Å². The van der Waals surface area contributed by atoms with Gasteiger partial charge in [-0.3, -0.25) is 11.3 Å². The number of rotatable bonds is 4. The average Bonchev–Trinajstić information content (AvgIpc) is 1.78. The van der Waals surface area contributed by atoms with Gasteiger partial charge in [-0.15, -0.1) is 0 Å². The maximum atomic E-state index is 11.3. The third-order valence-corrected chi connectivity index (χ3v) is 3.34. The lowest BCUT2D eigenvalue weighted by Crippen LogP contribution is -2.32. The van der Waals surface area contributed by atoms with E-state index in [9.17, 15) is 8.42 Å². The predicted octanol–water partition coefficient (Wildman–Crippen LogP) is -0.0894. The summed E-state index contributed by atoms with van der Waals surface area (Å²) in [6.07, 6.45) is 0. The number of hydrogen-bond acceptors (Lipinski definition) is 4. The monoisotopic (exact) mass is 194 g/mol. The van der Waals surface area contributed by atoms with Gasteiger partial charge in [0.2, 0.25) is 0 Å². The van der Waals surface area contributed by atoms with Crippen LogP contribution in [0.5, 0.6) is 0 Å². The molecule has 0 amide bonds. The fourth-order valence-electron chi connectivity index (χ4n) is 0.946. The number of sulfone groups is 1. The van der Waals surface area contributed by atoms with Gasteiger partial charge in [-0.25, -0.2) is 8.42 Å². The normalized spacial score (nSPS) is 13.3. The highest BCUT2D eigenvalue weighted by atomic mass is 32.2. The van der Waals surface area contributed by atoms with Crippen molar-refractivity contribution < 1.29 is 8.42 Å². The van der Waals surface area contributed by atoms with Crippen LogP contribution >= 0.6 is 0 Å². The lowest BCUT2D eigenvalue weighted by atomic mass is 10.0. The Morgan fingerprint density at radius 3 is 2.17 bits per heavy atom. The number of hydrogen-bond donors (Lipinski definition) is 2. The molecule has 0 aromatic rings. The van der Waals surface area contributed by atoms with Crippen LogP contribution in [0.25, 0.3) is 0 Å². The van der Waals surface area contributed by atoms with Gasteiger partial charge in [0.25, 0.3) is 0 Å². The van der Waals surface area contributed by atoms with Crippen LogP contribution in [0, 0.1) is 5.41 Å². The van der Waals surface area contributed by atoms with E-state index in [0.717, 1.165) is 0 Å². The molecule has 0 aliphatic carbocycles. The van der Waals surface area contributed by atoms with E-state index in [4.69, 9.17) is 5.84 Å². The molecule has 0 aliphatic rings. The molecule has 0 atom stereocenters. The Kier molecular flexibility index (Phi) is 4.16. The molecule has 12 heavy (non-hydrogen) atoms. The molecular formula is C7H18N2O2S. The third kappa shape index (κ3) is 6.57. The summed E-state index contributed by atoms with van der Waals surface area (Å²) in [7, 11) is -2.94. The molecule has 3 N–H and O–H groups in total. The second-order valence-electron chi connectivity index (χ2n) is 4.11. The van der Waals surface area contributed by atoms with Crippen molar-refractivity contribution in [2.24, 2.45) is 11.3 Å². The SMILES string of the molecule is CC(C)(C)CS(=O)(=O)CCNN. The summed E-state index contributed by atoms with van der Waals surface area (Å²) in [6, 6.07) is 0. The smallest absolute Gasteiger partial charge is 0.152 e. The fraction of sp³-hybridized carbons (Fsp3) is 1.00. The minimum Gasteiger partial charge on any atom is -0.271 e. The molecule has 4 nitrogen and oxygen atoms in total. The first kappa shape index (κ1) is 11.9. The van der Waals surface area contributed by atoms with Crippen molar-refractivity contribution in [3.8, 4) is 0 Å². The average molecular weight is 194 g/mol. The predicted molar refractivity (Wildman–Crippen MR) is 50.3 cm³/mol. The van der Waals surface area contributed by atoms with Crippen LogP contribution in [-0.4, -0.2) is 26.5 Å². The molecule has 0 aliphatic heterocycles. The van der Waals surface area contributed by atoms with Crippen LogP contribution in [0.4, 0.5) is 0 Å². The summed E-state index contributed by atoms with van der Waals surface area (Å²) < 4.78 is 22.6. The van der Waals surface area contributed by atoms with E-state index < -0.39 is 9.84 Å². The van der Waals surface area contributed by atoms with Crippen molar-refractivity contribution in [2.75, 3.05) is 18.1 Å². The van der Waals surface area contributed by atoms with E-state index in [2.05, 4.69) is 5.43 Å². The molecule has 5 heteroatoms. The third-order valence-electron chi connectivity index (χ3n) is 1.21. The molecule has 0 aromatic heterocycles. The minimum absolute atomic E-state index is 0.112. The van der Waals surface area contributed by atoms with Crippen LogP contribution in [0.15, 0.2) is 0 Å². The Morgan fingerprint density at radius 2 is 1.83 bits per heavy atom. The number of nitrogens with one attached hydrogen (secondary N) is 1. The molecule has 0 rings (SSSR count). The molecule has 0 saturated carbocycles. The summed E-state index contributed by atoms with van der Waals surface area (Å²) in [6.45, 7) is 6.03. The highest BCUT2D eigenvalue weighted by molar-refractivity contribution is 7.91. The zero-order chi connectivity index (χ0) is 9.83. The Morgan fingerprint density at radius 1 is 1.33 bits per heavy atom. The van der Waals surface area contributed by atoms with Gasteiger partial charge >= 0.3 is 0 Å². The van der Waals surface area contributed by atoms with Crippen molar-refractivity contribution in [2.45, 2.75) is 20.8 Å². The van der Waals surface area contributed by atoms with Gasteiger partial charge in [0.1, 0.15) is 0 Å². The highest BCUT2D eigenvalue weighted by Crippen LogP contribution is 2.16. The maximum absolute atomic E-state index is 11.3. The summed E-state index contributed by atoms with van der Waals surface area (Å²) >= 11 is 0.